The molecule has 0 unspecified atom stereocenters. The summed E-state index contributed by atoms with van der Waals surface area (Å²) in [6.45, 7) is 0.382. The van der Waals surface area contributed by atoms with Gasteiger partial charge in [-0.2, -0.15) is 4.98 Å². The summed E-state index contributed by atoms with van der Waals surface area (Å²) in [6, 6.07) is 10.2. The summed E-state index contributed by atoms with van der Waals surface area (Å²) >= 11 is 0. The Morgan fingerprint density at radius 1 is 1.26 bits per heavy atom. The van der Waals surface area contributed by atoms with Crippen molar-refractivity contribution in [3.8, 4) is 0 Å². The van der Waals surface area contributed by atoms with E-state index in [1.807, 2.05) is 54.2 Å². The van der Waals surface area contributed by atoms with Gasteiger partial charge in [-0.25, -0.2) is 4.98 Å². The number of nitrogens with one attached hydrogen (secondary N) is 1. The molecule has 1 amide bonds. The summed E-state index contributed by atoms with van der Waals surface area (Å²) in [7, 11) is 3.89. The van der Waals surface area contributed by atoms with E-state index in [0.717, 1.165) is 42.0 Å². The highest BCUT2D eigenvalue weighted by Gasteiger charge is 2.44. The van der Waals surface area contributed by atoms with Crippen molar-refractivity contribution in [1.29, 1.82) is 0 Å². The first-order chi connectivity index (χ1) is 13.1. The minimum Gasteiger partial charge on any atom is -0.347 e. The second-order valence-electron chi connectivity index (χ2n) is 7.41. The molecule has 1 aromatic carbocycles. The number of nitrogens with zero attached hydrogens (tertiary/aromatic N) is 4. The van der Waals surface area contributed by atoms with Crippen LogP contribution >= 0.6 is 0 Å². The molecule has 3 heterocycles. The molecule has 2 aliphatic heterocycles. The van der Waals surface area contributed by atoms with Gasteiger partial charge in [0.2, 0.25) is 11.9 Å². The number of benzene rings is 1. The van der Waals surface area contributed by atoms with Crippen LogP contribution in [0.25, 0.3) is 0 Å². The summed E-state index contributed by atoms with van der Waals surface area (Å²) in [5.74, 6) is 1.62. The number of carbonyl (C=O) groups excluding carboxylic acids is 1. The number of anilines is 3. The van der Waals surface area contributed by atoms with Gasteiger partial charge in [0.25, 0.3) is 0 Å². The average molecular weight is 366 g/mol. The summed E-state index contributed by atoms with van der Waals surface area (Å²) in [6.07, 6.45) is 3.11. The van der Waals surface area contributed by atoms with Gasteiger partial charge in [0.15, 0.2) is 0 Å². The van der Waals surface area contributed by atoms with Crippen LogP contribution in [0, 0.1) is 0 Å². The maximum absolute atomic E-state index is 12.7. The summed E-state index contributed by atoms with van der Waals surface area (Å²) < 4.78 is 0. The SMILES string of the molecule is CN(C)c1nc2c(c(Nc3ccccc3)n1)[C@@H]1CC[C@@H](C2)N1C(=O)CCN. The first kappa shape index (κ1) is 17.7. The second kappa shape index (κ2) is 7.15. The van der Waals surface area contributed by atoms with Crippen LogP contribution in [0.3, 0.4) is 0 Å². The highest BCUT2D eigenvalue weighted by Crippen LogP contribution is 2.46. The molecule has 0 saturated carbocycles. The predicted molar refractivity (Wildman–Crippen MR) is 106 cm³/mol. The van der Waals surface area contributed by atoms with Gasteiger partial charge in [0, 0.05) is 50.8 Å². The molecule has 1 aromatic heterocycles. The van der Waals surface area contributed by atoms with E-state index in [4.69, 9.17) is 15.7 Å². The van der Waals surface area contributed by atoms with Gasteiger partial charge in [0.1, 0.15) is 5.82 Å². The van der Waals surface area contributed by atoms with Gasteiger partial charge in [-0.1, -0.05) is 18.2 Å². The van der Waals surface area contributed by atoms with E-state index in [-0.39, 0.29) is 18.0 Å². The zero-order valence-electron chi connectivity index (χ0n) is 15.9. The van der Waals surface area contributed by atoms with Gasteiger partial charge < -0.3 is 20.9 Å². The van der Waals surface area contributed by atoms with Crippen LogP contribution < -0.4 is 16.0 Å². The Labute approximate surface area is 159 Å². The van der Waals surface area contributed by atoms with E-state index in [9.17, 15) is 4.79 Å². The molecule has 3 N–H and O–H groups in total. The normalized spacial score (nSPS) is 20.3. The zero-order chi connectivity index (χ0) is 19.0. The molecule has 7 nitrogen and oxygen atoms in total. The number of aromatic nitrogens is 2. The number of para-hydroxylation sites is 1. The van der Waals surface area contributed by atoms with E-state index in [1.165, 1.54) is 0 Å². The summed E-state index contributed by atoms with van der Waals surface area (Å²) in [5, 5.41) is 3.46. The van der Waals surface area contributed by atoms with Gasteiger partial charge in [-0.15, -0.1) is 0 Å². The predicted octanol–water partition coefficient (Wildman–Crippen LogP) is 2.22. The monoisotopic (exact) mass is 366 g/mol. The van der Waals surface area contributed by atoms with Crippen molar-refractivity contribution in [2.24, 2.45) is 5.73 Å². The van der Waals surface area contributed by atoms with Crippen LogP contribution in [0.5, 0.6) is 0 Å². The molecule has 2 aromatic rings. The van der Waals surface area contributed by atoms with Crippen LogP contribution in [0.1, 0.15) is 36.6 Å². The Hall–Kier alpha value is -2.67. The van der Waals surface area contributed by atoms with Crippen molar-refractivity contribution < 1.29 is 4.79 Å². The highest BCUT2D eigenvalue weighted by atomic mass is 16.2. The maximum atomic E-state index is 12.7. The standard InChI is InChI=1S/C20H26N6O/c1-25(2)20-23-15-12-14-8-9-16(26(14)17(27)10-11-21)18(15)19(24-20)22-13-6-4-3-5-7-13/h3-7,14,16H,8-12,21H2,1-2H3,(H,22,23,24)/t14-,16-/m0/s1. The number of fused-ring (bicyclic) bond motifs is 4. The lowest BCUT2D eigenvalue weighted by Gasteiger charge is -2.37. The fraction of sp³-hybridized carbons (Fsp3) is 0.450. The third-order valence-corrected chi connectivity index (χ3v) is 5.36. The molecule has 7 heteroatoms. The Bertz CT molecular complexity index is 838. The third-order valence-electron chi connectivity index (χ3n) is 5.36. The number of nitrogens with two attached hydrogens (primary N) is 1. The first-order valence-electron chi connectivity index (χ1n) is 9.50. The van der Waals surface area contributed by atoms with Crippen molar-refractivity contribution in [3.05, 3.63) is 41.6 Å². The molecule has 27 heavy (non-hydrogen) atoms. The molecule has 0 aliphatic carbocycles. The molecule has 1 saturated heterocycles. The first-order valence-corrected chi connectivity index (χ1v) is 9.50. The van der Waals surface area contributed by atoms with Crippen molar-refractivity contribution in [3.63, 3.8) is 0 Å². The lowest BCUT2D eigenvalue weighted by Crippen LogP contribution is -2.43. The molecule has 1 fully saturated rings. The average Bonchev–Trinajstić information content (AvgIpc) is 2.96. The molecule has 4 rings (SSSR count). The van der Waals surface area contributed by atoms with Gasteiger partial charge in [0.05, 0.1) is 11.7 Å². The van der Waals surface area contributed by atoms with Crippen molar-refractivity contribution in [2.45, 2.75) is 37.8 Å². The number of amides is 1. The maximum Gasteiger partial charge on any atom is 0.227 e. The summed E-state index contributed by atoms with van der Waals surface area (Å²) in [5.41, 5.74) is 8.72. The Morgan fingerprint density at radius 3 is 2.74 bits per heavy atom. The molecule has 0 spiro atoms. The number of rotatable bonds is 5. The molecule has 2 atom stereocenters. The minimum absolute atomic E-state index is 0.0280. The van der Waals surface area contributed by atoms with Crippen LogP contribution in [-0.4, -0.2) is 47.5 Å². The minimum atomic E-state index is 0.0280. The number of hydrogen-bond donors (Lipinski definition) is 2. The molecule has 0 radical (unpaired) electrons. The largest absolute Gasteiger partial charge is 0.347 e. The Balaban J connectivity index is 1.78. The Morgan fingerprint density at radius 2 is 2.04 bits per heavy atom. The quantitative estimate of drug-likeness (QED) is 0.844. The van der Waals surface area contributed by atoms with Crippen LogP contribution in [0.15, 0.2) is 30.3 Å². The highest BCUT2D eigenvalue weighted by molar-refractivity contribution is 5.79. The fourth-order valence-corrected chi connectivity index (χ4v) is 4.18. The van der Waals surface area contributed by atoms with Gasteiger partial charge in [-0.3, -0.25) is 4.79 Å². The molecule has 2 aliphatic rings. The number of hydrogen-bond acceptors (Lipinski definition) is 6. The van der Waals surface area contributed by atoms with E-state index in [2.05, 4.69) is 5.32 Å². The molecule has 142 valence electrons. The van der Waals surface area contributed by atoms with E-state index in [1.54, 1.807) is 0 Å². The van der Waals surface area contributed by atoms with Crippen LogP contribution in [0.2, 0.25) is 0 Å². The van der Waals surface area contributed by atoms with E-state index in [0.29, 0.717) is 18.9 Å². The van der Waals surface area contributed by atoms with E-state index < -0.39 is 0 Å². The second-order valence-corrected chi connectivity index (χ2v) is 7.41. The molecular weight excluding hydrogens is 340 g/mol. The van der Waals surface area contributed by atoms with Crippen LogP contribution in [0.4, 0.5) is 17.5 Å². The van der Waals surface area contributed by atoms with Crippen molar-refractivity contribution >= 4 is 23.4 Å². The van der Waals surface area contributed by atoms with Crippen molar-refractivity contribution in [2.75, 3.05) is 30.9 Å². The molecule has 2 bridgehead atoms. The van der Waals surface area contributed by atoms with Gasteiger partial charge in [-0.05, 0) is 25.0 Å². The van der Waals surface area contributed by atoms with E-state index >= 15 is 0 Å². The lowest BCUT2D eigenvalue weighted by molar-refractivity contribution is -0.134. The molecular formula is C20H26N6O. The topological polar surface area (TPSA) is 87.4 Å². The smallest absolute Gasteiger partial charge is 0.227 e. The van der Waals surface area contributed by atoms with Crippen molar-refractivity contribution in [1.82, 2.24) is 14.9 Å². The zero-order valence-corrected chi connectivity index (χ0v) is 15.9. The lowest BCUT2D eigenvalue weighted by atomic mass is 9.97. The van der Waals surface area contributed by atoms with Gasteiger partial charge >= 0.3 is 0 Å². The fourth-order valence-electron chi connectivity index (χ4n) is 4.18. The van der Waals surface area contributed by atoms with Crippen LogP contribution in [-0.2, 0) is 11.2 Å². The number of carbonyl (C=O) groups is 1. The summed E-state index contributed by atoms with van der Waals surface area (Å²) in [4.78, 5) is 26.2. The Kier molecular flexibility index (Phi) is 4.70. The third kappa shape index (κ3) is 3.23.